The van der Waals surface area contributed by atoms with E-state index in [2.05, 4.69) is 35.9 Å². The van der Waals surface area contributed by atoms with Crippen LogP contribution in [-0.4, -0.2) is 118 Å². The van der Waals surface area contributed by atoms with Crippen molar-refractivity contribution in [1.29, 1.82) is 0 Å². The molecule has 5 aromatic carbocycles. The summed E-state index contributed by atoms with van der Waals surface area (Å²) in [5.41, 5.74) is 0.797. The molecule has 0 bridgehead atoms. The summed E-state index contributed by atoms with van der Waals surface area (Å²) in [5, 5.41) is 8.42. The predicted molar refractivity (Wildman–Crippen MR) is 322 cm³/mol. The molecule has 1 unspecified atom stereocenters. The van der Waals surface area contributed by atoms with Crippen LogP contribution in [0.15, 0.2) is 168 Å². The lowest BCUT2D eigenvalue weighted by molar-refractivity contribution is -0.150. The Kier molecular flexibility index (Phi) is 20.4. The van der Waals surface area contributed by atoms with E-state index in [1.807, 2.05) is 92.7 Å². The molecule has 88 heavy (non-hydrogen) atoms. The number of esters is 1. The third-order valence-corrected chi connectivity index (χ3v) is 15.9. The number of halogens is 1. The van der Waals surface area contributed by atoms with Gasteiger partial charge in [0, 0.05) is 44.6 Å². The van der Waals surface area contributed by atoms with Gasteiger partial charge in [0.25, 0.3) is 17.4 Å². The van der Waals surface area contributed by atoms with E-state index < -0.39 is 92.9 Å². The molecule has 4 N–H and O–H groups in total. The molecule has 10 rings (SSSR count). The summed E-state index contributed by atoms with van der Waals surface area (Å²) in [5.74, 6) is -0.269. The van der Waals surface area contributed by atoms with Gasteiger partial charge >= 0.3 is 20.3 Å². The number of carbonyl (C=O) groups is 3. The van der Waals surface area contributed by atoms with E-state index in [1.54, 1.807) is 79.5 Å². The number of H-pyrrole nitrogens is 1. The van der Waals surface area contributed by atoms with Crippen molar-refractivity contribution in [3.8, 4) is 11.5 Å². The maximum atomic E-state index is 14.2. The number of benzene rings is 5. The molecule has 3 aromatic heterocycles. The highest BCUT2D eigenvalue weighted by Gasteiger charge is 2.46. The molecule has 2 fully saturated rings. The average Bonchev–Trinajstić information content (AvgIpc) is 2.02. The molecule has 8 atom stereocenters. The van der Waals surface area contributed by atoms with Gasteiger partial charge in [0.15, 0.2) is 17.8 Å². The van der Waals surface area contributed by atoms with Crippen LogP contribution in [-0.2, 0) is 47.7 Å². The van der Waals surface area contributed by atoms with Gasteiger partial charge in [-0.15, -0.1) is 0 Å². The zero-order valence-corrected chi connectivity index (χ0v) is 49.8. The number of nitrogens with one attached hydrogen (secondary N) is 4. The van der Waals surface area contributed by atoms with Gasteiger partial charge in [0.1, 0.15) is 59.8 Å². The van der Waals surface area contributed by atoms with Gasteiger partial charge in [-0.25, -0.2) is 14.2 Å². The molecule has 2 aliphatic heterocycles. The monoisotopic (exact) mass is 1220 g/mol. The molecule has 2 amide bonds. The summed E-state index contributed by atoms with van der Waals surface area (Å²) < 4.78 is 75.1. The fourth-order valence-electron chi connectivity index (χ4n) is 10.3. The second-order valence-corrected chi connectivity index (χ2v) is 22.3. The first-order chi connectivity index (χ1) is 42.7. The number of aromatic nitrogens is 6. The number of aromatic amines is 1. The molecule has 2 saturated heterocycles. The average molecular weight is 1220 g/mol. The number of hydrogen-bond donors (Lipinski definition) is 4. The van der Waals surface area contributed by atoms with Crippen molar-refractivity contribution in [3.05, 3.63) is 207 Å². The predicted octanol–water partition coefficient (Wildman–Crippen LogP) is 8.70. The van der Waals surface area contributed by atoms with Crippen molar-refractivity contribution >= 4 is 49.3 Å². The standard InChI is InChI=1S/C63H67FN9O14P/c1-39(2)34-66-61-70-58-57(60(77)71-61)67-38-73(58)56-31-48(83-40(3)74)52(85-56)37-82-88(87-50(35-65-54(75)33-64)41-15-9-6-10-16-41)86-49-32-55(72-30-29-53(69-62(72)78)68-59(76)42-17-11-7-12-18-42)84-51(49)36-81-63(43-19-13-8-14-20-43,44-21-25-46(79-4)26-22-44)45-23-27-47(80-5)28-24-45/h6-30,38-39,48-52,55-56H,31-37H2,1-5H3,(H,65,75)(H2,66,70,71,77)(H,68,69,76,78)/t48-,49-,50?,51+,52+,55+,56+,88+/m0/s1. The highest BCUT2D eigenvalue weighted by Crippen LogP contribution is 2.51. The fraction of sp³-hybridized carbons (Fsp3) is 0.333. The van der Waals surface area contributed by atoms with Crippen molar-refractivity contribution < 1.29 is 60.8 Å². The summed E-state index contributed by atoms with van der Waals surface area (Å²) >= 11 is 0. The quantitative estimate of drug-likeness (QED) is 0.0213. The maximum Gasteiger partial charge on any atom is 0.351 e. The van der Waals surface area contributed by atoms with Crippen LogP contribution >= 0.6 is 8.60 Å². The van der Waals surface area contributed by atoms with Crippen LogP contribution in [0.4, 0.5) is 16.2 Å². The molecule has 8 aromatic rings. The molecule has 0 radical (unpaired) electrons. The Bertz CT molecular complexity index is 3710. The van der Waals surface area contributed by atoms with Crippen molar-refractivity contribution in [2.24, 2.45) is 5.92 Å². The van der Waals surface area contributed by atoms with E-state index in [4.69, 9.17) is 42.0 Å². The fourth-order valence-corrected chi connectivity index (χ4v) is 11.6. The van der Waals surface area contributed by atoms with Crippen molar-refractivity contribution in [3.63, 3.8) is 0 Å². The number of anilines is 2. The number of carbonyl (C=O) groups excluding carboxylic acids is 3. The number of fused-ring (bicyclic) bond motifs is 1. The number of hydrogen-bond acceptors (Lipinski definition) is 18. The molecule has 23 nitrogen and oxygen atoms in total. The summed E-state index contributed by atoms with van der Waals surface area (Å²) in [4.78, 5) is 81.9. The van der Waals surface area contributed by atoms with Crippen LogP contribution in [0.1, 0.15) is 84.8 Å². The van der Waals surface area contributed by atoms with Crippen LogP contribution in [0.2, 0.25) is 0 Å². The van der Waals surface area contributed by atoms with Crippen LogP contribution in [0.3, 0.4) is 0 Å². The van der Waals surface area contributed by atoms with Gasteiger partial charge < -0.3 is 57.9 Å². The molecule has 0 saturated carbocycles. The van der Waals surface area contributed by atoms with Crippen molar-refractivity contribution in [2.75, 3.05) is 57.8 Å². The summed E-state index contributed by atoms with van der Waals surface area (Å²) in [6, 6.07) is 43.4. The number of methoxy groups -OCH3 is 2. The van der Waals surface area contributed by atoms with Crippen LogP contribution in [0.5, 0.6) is 11.5 Å². The Morgan fingerprint density at radius 1 is 0.750 bits per heavy atom. The second-order valence-electron chi connectivity index (χ2n) is 21.1. The first kappa shape index (κ1) is 62.3. The Balaban J connectivity index is 1.02. The SMILES string of the molecule is COc1ccc(C(OC[C@H]2O[C@@H](n3ccc(NC(=O)c4ccccc4)nc3=O)C[C@@H]2O[P@@](OC[C@H]2O[C@@H](n3cnc4c(=O)[nH]c(NCC(C)C)nc43)C[C@@H]2OC(C)=O)OC(CNC(=O)CF)c2ccccc2)(c2ccccc2)c2ccc(OC)cc2)cc1. The molecular weight excluding hydrogens is 1160 g/mol. The first-order valence-corrected chi connectivity index (χ1v) is 29.6. The van der Waals surface area contributed by atoms with Gasteiger partial charge in [0.05, 0.1) is 39.9 Å². The Labute approximate surface area is 506 Å². The van der Waals surface area contributed by atoms with Crippen LogP contribution in [0, 0.1) is 5.92 Å². The Hall–Kier alpha value is -8.74. The lowest BCUT2D eigenvalue weighted by atomic mass is 9.80. The maximum absolute atomic E-state index is 14.2. The van der Waals surface area contributed by atoms with Crippen LogP contribution < -0.4 is 36.7 Å². The van der Waals surface area contributed by atoms with E-state index in [1.165, 1.54) is 30.1 Å². The Morgan fingerprint density at radius 2 is 1.35 bits per heavy atom. The zero-order valence-electron chi connectivity index (χ0n) is 48.9. The third kappa shape index (κ3) is 14.8. The number of amides is 2. The van der Waals surface area contributed by atoms with Gasteiger partial charge in [-0.05, 0) is 70.6 Å². The van der Waals surface area contributed by atoms with E-state index in [0.29, 0.717) is 40.3 Å². The largest absolute Gasteiger partial charge is 0.497 e. The molecule has 0 spiro atoms. The molecule has 460 valence electrons. The van der Waals surface area contributed by atoms with E-state index >= 15 is 0 Å². The zero-order chi connectivity index (χ0) is 61.7. The third-order valence-electron chi connectivity index (χ3n) is 14.7. The topological polar surface area (TPSA) is 269 Å². The molecule has 25 heteroatoms. The second kappa shape index (κ2) is 28.8. The molecule has 2 aliphatic rings. The minimum atomic E-state index is -2.64. The number of rotatable bonds is 27. The normalized spacial score (nSPS) is 19.0. The molecular formula is C63H67FN9O14P. The number of alkyl halides is 1. The minimum Gasteiger partial charge on any atom is -0.497 e. The highest BCUT2D eigenvalue weighted by atomic mass is 31.2. The van der Waals surface area contributed by atoms with E-state index in [0.717, 1.165) is 5.56 Å². The van der Waals surface area contributed by atoms with Crippen molar-refractivity contribution in [2.45, 2.75) is 82.2 Å². The number of ether oxygens (including phenoxy) is 6. The van der Waals surface area contributed by atoms with Gasteiger partial charge in [0.2, 0.25) is 5.95 Å². The molecule has 0 aliphatic carbocycles. The smallest absolute Gasteiger partial charge is 0.351 e. The number of nitrogens with zero attached hydrogens (tertiary/aromatic N) is 5. The lowest BCUT2D eigenvalue weighted by Gasteiger charge is -2.37. The van der Waals surface area contributed by atoms with E-state index in [9.17, 15) is 28.4 Å². The first-order valence-electron chi connectivity index (χ1n) is 28.5. The van der Waals surface area contributed by atoms with Gasteiger partial charge in [-0.3, -0.25) is 33.3 Å². The van der Waals surface area contributed by atoms with E-state index in [-0.39, 0.29) is 61.4 Å². The minimum absolute atomic E-state index is 0.00232. The summed E-state index contributed by atoms with van der Waals surface area (Å²) in [7, 11) is 0.521. The Morgan fingerprint density at radius 3 is 1.97 bits per heavy atom. The van der Waals surface area contributed by atoms with Crippen molar-refractivity contribution in [1.82, 2.24) is 34.4 Å². The lowest BCUT2D eigenvalue weighted by Crippen LogP contribution is -2.38. The van der Waals surface area contributed by atoms with Gasteiger partial charge in [-0.2, -0.15) is 9.97 Å². The highest BCUT2D eigenvalue weighted by molar-refractivity contribution is 7.41. The summed E-state index contributed by atoms with van der Waals surface area (Å²) in [6.45, 7) is 3.76. The van der Waals surface area contributed by atoms with Crippen LogP contribution in [0.25, 0.3) is 11.2 Å². The molecule has 5 heterocycles. The number of imidazole rings is 1. The van der Waals surface area contributed by atoms with Gasteiger partial charge in [-0.1, -0.05) is 117 Å². The summed E-state index contributed by atoms with van der Waals surface area (Å²) in [6.07, 6.45) is -4.03.